The molecule has 0 atom stereocenters. The van der Waals surface area contributed by atoms with Crippen molar-refractivity contribution in [2.24, 2.45) is 0 Å². The van der Waals surface area contributed by atoms with Gasteiger partial charge in [0, 0.05) is 10.9 Å². The normalized spacial score (nSPS) is 11.3. The quantitative estimate of drug-likeness (QED) is 0.592. The number of methoxy groups -OCH3 is 1. The molecule has 2 heterocycles. The summed E-state index contributed by atoms with van der Waals surface area (Å²) in [5.41, 5.74) is 0.646. The van der Waals surface area contributed by atoms with Crippen LogP contribution in [0.3, 0.4) is 0 Å². The number of carbonyl (C=O) groups excluding carboxylic acids is 2. The number of amides is 1. The first-order chi connectivity index (χ1) is 13.3. The number of benzene rings is 1. The lowest BCUT2D eigenvalue weighted by Gasteiger charge is -2.06. The van der Waals surface area contributed by atoms with E-state index in [2.05, 4.69) is 15.0 Å². The summed E-state index contributed by atoms with van der Waals surface area (Å²) in [6.45, 7) is 0. The van der Waals surface area contributed by atoms with E-state index in [1.165, 1.54) is 30.6 Å². The van der Waals surface area contributed by atoms with E-state index in [-0.39, 0.29) is 12.3 Å². The lowest BCUT2D eigenvalue weighted by molar-refractivity contribution is -0.137. The SMILES string of the molecule is COC(=O)c1sccc1NC(=O)Cc1csc(-c2ccc(C(F)(F)F)cc2)n1. The van der Waals surface area contributed by atoms with Crippen LogP contribution in [-0.4, -0.2) is 24.0 Å². The van der Waals surface area contributed by atoms with Crippen molar-refractivity contribution in [3.63, 3.8) is 0 Å². The number of alkyl halides is 3. The largest absolute Gasteiger partial charge is 0.465 e. The molecule has 146 valence electrons. The topological polar surface area (TPSA) is 68.3 Å². The lowest BCUT2D eigenvalue weighted by atomic mass is 10.1. The summed E-state index contributed by atoms with van der Waals surface area (Å²) in [5, 5.41) is 6.48. The average Bonchev–Trinajstić information content (AvgIpc) is 3.30. The fraction of sp³-hybridized carbons (Fsp3) is 0.167. The summed E-state index contributed by atoms with van der Waals surface area (Å²) in [5.74, 6) is -0.906. The van der Waals surface area contributed by atoms with Crippen molar-refractivity contribution >= 4 is 40.2 Å². The number of nitrogens with one attached hydrogen (secondary N) is 1. The molecule has 0 spiro atoms. The van der Waals surface area contributed by atoms with Gasteiger partial charge in [-0.2, -0.15) is 13.2 Å². The second-order valence-electron chi connectivity index (χ2n) is 5.60. The van der Waals surface area contributed by atoms with Crippen LogP contribution in [0.1, 0.15) is 20.9 Å². The highest BCUT2D eigenvalue weighted by Crippen LogP contribution is 2.32. The zero-order chi connectivity index (χ0) is 20.3. The highest BCUT2D eigenvalue weighted by molar-refractivity contribution is 7.13. The third kappa shape index (κ3) is 4.57. The first kappa shape index (κ1) is 20.0. The number of halogens is 3. The number of hydrogen-bond donors (Lipinski definition) is 1. The third-order valence-electron chi connectivity index (χ3n) is 3.66. The van der Waals surface area contributed by atoms with Crippen molar-refractivity contribution in [1.29, 1.82) is 0 Å². The number of nitrogens with zero attached hydrogens (tertiary/aromatic N) is 1. The Hall–Kier alpha value is -2.72. The van der Waals surface area contributed by atoms with Gasteiger partial charge in [0.25, 0.3) is 0 Å². The highest BCUT2D eigenvalue weighted by atomic mass is 32.1. The van der Waals surface area contributed by atoms with Crippen LogP contribution in [0.2, 0.25) is 0 Å². The van der Waals surface area contributed by atoms with Crippen LogP contribution in [0, 0.1) is 0 Å². The third-order valence-corrected chi connectivity index (χ3v) is 5.50. The number of aromatic nitrogens is 1. The zero-order valence-electron chi connectivity index (χ0n) is 14.4. The second-order valence-corrected chi connectivity index (χ2v) is 7.37. The van der Waals surface area contributed by atoms with Gasteiger partial charge in [-0.1, -0.05) is 12.1 Å². The highest BCUT2D eigenvalue weighted by Gasteiger charge is 2.30. The number of rotatable bonds is 5. The molecule has 1 amide bonds. The van der Waals surface area contributed by atoms with E-state index >= 15 is 0 Å². The fourth-order valence-electron chi connectivity index (χ4n) is 2.34. The zero-order valence-corrected chi connectivity index (χ0v) is 16.0. The van der Waals surface area contributed by atoms with Gasteiger partial charge in [-0.05, 0) is 23.6 Å². The Labute approximate surface area is 165 Å². The van der Waals surface area contributed by atoms with Gasteiger partial charge < -0.3 is 10.1 Å². The summed E-state index contributed by atoms with van der Waals surface area (Å²) < 4.78 is 42.6. The average molecular weight is 426 g/mol. The first-order valence-electron chi connectivity index (χ1n) is 7.85. The van der Waals surface area contributed by atoms with Crippen molar-refractivity contribution in [3.8, 4) is 10.6 Å². The van der Waals surface area contributed by atoms with Crippen LogP contribution >= 0.6 is 22.7 Å². The molecule has 0 fully saturated rings. The number of carbonyl (C=O) groups is 2. The molecule has 0 saturated carbocycles. The molecule has 0 saturated heterocycles. The van der Waals surface area contributed by atoms with Crippen LogP contribution in [0.15, 0.2) is 41.1 Å². The Kier molecular flexibility index (Phi) is 5.80. The summed E-state index contributed by atoms with van der Waals surface area (Å²) >= 11 is 2.39. The monoisotopic (exact) mass is 426 g/mol. The molecule has 0 aliphatic heterocycles. The minimum atomic E-state index is -4.39. The van der Waals surface area contributed by atoms with E-state index in [9.17, 15) is 22.8 Å². The van der Waals surface area contributed by atoms with Crippen molar-refractivity contribution in [1.82, 2.24) is 4.98 Å². The fourth-order valence-corrected chi connectivity index (χ4v) is 3.93. The maximum absolute atomic E-state index is 12.6. The molecule has 3 rings (SSSR count). The molecule has 0 bridgehead atoms. The number of esters is 1. The molecule has 1 aromatic carbocycles. The van der Waals surface area contributed by atoms with Gasteiger partial charge in [-0.15, -0.1) is 22.7 Å². The molecular weight excluding hydrogens is 413 g/mol. The van der Waals surface area contributed by atoms with E-state index < -0.39 is 17.7 Å². The van der Waals surface area contributed by atoms with E-state index in [4.69, 9.17) is 0 Å². The number of hydrogen-bond acceptors (Lipinski definition) is 6. The Morgan fingerprint density at radius 1 is 1.14 bits per heavy atom. The van der Waals surface area contributed by atoms with Gasteiger partial charge in [-0.25, -0.2) is 9.78 Å². The molecule has 10 heteroatoms. The Balaban J connectivity index is 1.67. The molecule has 0 aliphatic carbocycles. The summed E-state index contributed by atoms with van der Waals surface area (Å²) in [6.07, 6.45) is -4.43. The minimum Gasteiger partial charge on any atom is -0.465 e. The number of ether oxygens (including phenoxy) is 1. The standard InChI is InChI=1S/C18H13F3N2O3S2/c1-26-17(25)15-13(6-7-27-15)23-14(24)8-12-9-28-16(22-12)10-2-4-11(5-3-10)18(19,20)21/h2-7,9H,8H2,1H3,(H,23,24). The molecule has 2 aromatic heterocycles. The maximum Gasteiger partial charge on any atom is 0.416 e. The second kappa shape index (κ2) is 8.11. The number of thiazole rings is 1. The molecule has 0 radical (unpaired) electrons. The van der Waals surface area contributed by atoms with Crippen LogP contribution in [-0.2, 0) is 22.1 Å². The van der Waals surface area contributed by atoms with E-state index in [1.54, 1.807) is 16.8 Å². The molecular formula is C18H13F3N2O3S2. The minimum absolute atomic E-state index is 0.0341. The van der Waals surface area contributed by atoms with Crippen LogP contribution in [0.5, 0.6) is 0 Å². The molecule has 1 N–H and O–H groups in total. The molecule has 28 heavy (non-hydrogen) atoms. The summed E-state index contributed by atoms with van der Waals surface area (Å²) in [4.78, 5) is 28.5. The lowest BCUT2D eigenvalue weighted by Crippen LogP contribution is -2.16. The predicted octanol–water partition coefficient (Wildman–Crippen LogP) is 4.86. The van der Waals surface area contributed by atoms with Gasteiger partial charge in [0.05, 0.1) is 30.5 Å². The van der Waals surface area contributed by atoms with E-state index in [0.717, 1.165) is 23.5 Å². The van der Waals surface area contributed by atoms with Crippen molar-refractivity contribution < 1.29 is 27.5 Å². The Morgan fingerprint density at radius 2 is 1.86 bits per heavy atom. The molecule has 0 unspecified atom stereocenters. The van der Waals surface area contributed by atoms with Crippen molar-refractivity contribution in [3.05, 3.63) is 57.2 Å². The van der Waals surface area contributed by atoms with Gasteiger partial charge in [0.1, 0.15) is 9.88 Å². The van der Waals surface area contributed by atoms with Crippen LogP contribution in [0.25, 0.3) is 10.6 Å². The van der Waals surface area contributed by atoms with Gasteiger partial charge in [-0.3, -0.25) is 4.79 Å². The Morgan fingerprint density at radius 3 is 2.50 bits per heavy atom. The summed E-state index contributed by atoms with van der Waals surface area (Å²) in [6, 6.07) is 6.28. The molecule has 3 aromatic rings. The first-order valence-corrected chi connectivity index (χ1v) is 9.61. The maximum atomic E-state index is 12.6. The summed E-state index contributed by atoms with van der Waals surface area (Å²) in [7, 11) is 1.26. The van der Waals surface area contributed by atoms with Crippen molar-refractivity contribution in [2.45, 2.75) is 12.6 Å². The van der Waals surface area contributed by atoms with E-state index in [1.807, 2.05) is 0 Å². The number of anilines is 1. The molecule has 0 aliphatic rings. The predicted molar refractivity (Wildman–Crippen MR) is 101 cm³/mol. The molecule has 5 nitrogen and oxygen atoms in total. The van der Waals surface area contributed by atoms with Crippen molar-refractivity contribution in [2.75, 3.05) is 12.4 Å². The van der Waals surface area contributed by atoms with Gasteiger partial charge >= 0.3 is 12.1 Å². The van der Waals surface area contributed by atoms with Crippen LogP contribution in [0.4, 0.5) is 18.9 Å². The van der Waals surface area contributed by atoms with E-state index in [0.29, 0.717) is 26.8 Å². The smallest absolute Gasteiger partial charge is 0.416 e. The van der Waals surface area contributed by atoms with Gasteiger partial charge in [0.2, 0.25) is 5.91 Å². The van der Waals surface area contributed by atoms with Gasteiger partial charge in [0.15, 0.2) is 0 Å². The number of thiophene rings is 1. The van der Waals surface area contributed by atoms with Crippen LogP contribution < -0.4 is 5.32 Å². The Bertz CT molecular complexity index is 994.